The average Bonchev–Trinajstić information content (AvgIpc) is 3.05. The third-order valence-electron chi connectivity index (χ3n) is 3.74. The Morgan fingerprint density at radius 3 is 2.54 bits per heavy atom. The van der Waals surface area contributed by atoms with Crippen LogP contribution in [0.15, 0.2) is 52.9 Å². The lowest BCUT2D eigenvalue weighted by atomic mass is 10.2. The van der Waals surface area contributed by atoms with Gasteiger partial charge in [-0.2, -0.15) is 0 Å². The number of hydrogen-bond donors (Lipinski definition) is 1. The maximum atomic E-state index is 6.16. The highest BCUT2D eigenvalue weighted by atomic mass is 35.5. The van der Waals surface area contributed by atoms with Crippen molar-refractivity contribution in [3.8, 4) is 17.1 Å². The maximum absolute atomic E-state index is 6.16. The highest BCUT2D eigenvalue weighted by Gasteiger charge is 2.08. The van der Waals surface area contributed by atoms with Crippen LogP contribution in [-0.4, -0.2) is 7.11 Å². The van der Waals surface area contributed by atoms with Crippen LogP contribution in [-0.2, 0) is 6.54 Å². The van der Waals surface area contributed by atoms with Crippen LogP contribution in [0.5, 0.6) is 5.75 Å². The Hall–Kier alpha value is -2.10. The van der Waals surface area contributed by atoms with Gasteiger partial charge in [-0.25, -0.2) is 0 Å². The summed E-state index contributed by atoms with van der Waals surface area (Å²) in [6.45, 7) is 2.55. The van der Waals surface area contributed by atoms with Crippen LogP contribution in [0, 0.1) is 6.92 Å². The molecule has 0 fully saturated rings. The fourth-order valence-corrected chi connectivity index (χ4v) is 2.78. The van der Waals surface area contributed by atoms with Gasteiger partial charge in [0.05, 0.1) is 18.7 Å². The molecule has 24 heavy (non-hydrogen) atoms. The van der Waals surface area contributed by atoms with E-state index in [0.29, 0.717) is 17.3 Å². The number of nitrogens with one attached hydrogen (secondary N) is 1. The van der Waals surface area contributed by atoms with Gasteiger partial charge in [0.25, 0.3) is 0 Å². The lowest BCUT2D eigenvalue weighted by Gasteiger charge is -2.06. The van der Waals surface area contributed by atoms with E-state index in [9.17, 15) is 0 Å². The Balaban J connectivity index is 1.71. The van der Waals surface area contributed by atoms with Gasteiger partial charge in [0.2, 0.25) is 0 Å². The topological polar surface area (TPSA) is 34.4 Å². The second kappa shape index (κ2) is 7.20. The number of hydrogen-bond acceptors (Lipinski definition) is 3. The first-order chi connectivity index (χ1) is 11.6. The Bertz CT molecular complexity index is 858. The summed E-state index contributed by atoms with van der Waals surface area (Å²) in [5.74, 6) is 2.23. The summed E-state index contributed by atoms with van der Waals surface area (Å²) < 4.78 is 11.0. The van der Waals surface area contributed by atoms with Crippen molar-refractivity contribution in [3.63, 3.8) is 0 Å². The van der Waals surface area contributed by atoms with E-state index in [4.69, 9.17) is 32.4 Å². The smallest absolute Gasteiger partial charge is 0.137 e. The minimum absolute atomic E-state index is 0.556. The van der Waals surface area contributed by atoms with Crippen LogP contribution in [0.1, 0.15) is 11.3 Å². The van der Waals surface area contributed by atoms with Crippen LogP contribution in [0.3, 0.4) is 0 Å². The summed E-state index contributed by atoms with van der Waals surface area (Å²) in [6.07, 6.45) is 0. The Morgan fingerprint density at radius 2 is 1.83 bits per heavy atom. The number of aryl methyl sites for hydroxylation is 1. The molecule has 0 aliphatic carbocycles. The van der Waals surface area contributed by atoms with Crippen LogP contribution in [0.25, 0.3) is 11.3 Å². The van der Waals surface area contributed by atoms with E-state index >= 15 is 0 Å². The van der Waals surface area contributed by atoms with E-state index in [1.54, 1.807) is 7.11 Å². The molecule has 3 nitrogen and oxygen atoms in total. The second-order valence-electron chi connectivity index (χ2n) is 5.43. The van der Waals surface area contributed by atoms with Crippen molar-refractivity contribution in [2.24, 2.45) is 0 Å². The summed E-state index contributed by atoms with van der Waals surface area (Å²) in [7, 11) is 1.59. The summed E-state index contributed by atoms with van der Waals surface area (Å²) in [6, 6.07) is 15.3. The molecule has 124 valence electrons. The molecule has 2 aromatic carbocycles. The van der Waals surface area contributed by atoms with Gasteiger partial charge in [0, 0.05) is 16.3 Å². The molecule has 0 saturated heterocycles. The van der Waals surface area contributed by atoms with Gasteiger partial charge in [-0.15, -0.1) is 0 Å². The third-order valence-corrected chi connectivity index (χ3v) is 4.44. The number of rotatable bonds is 5. The average molecular weight is 362 g/mol. The molecule has 0 saturated carbocycles. The van der Waals surface area contributed by atoms with Crippen molar-refractivity contribution >= 4 is 28.9 Å². The van der Waals surface area contributed by atoms with Crippen LogP contribution in [0.4, 0.5) is 5.69 Å². The zero-order valence-corrected chi connectivity index (χ0v) is 14.9. The molecule has 0 unspecified atom stereocenters. The number of benzene rings is 2. The molecule has 1 heterocycles. The first-order valence-electron chi connectivity index (χ1n) is 7.49. The van der Waals surface area contributed by atoms with E-state index < -0.39 is 0 Å². The van der Waals surface area contributed by atoms with Gasteiger partial charge in [0.15, 0.2) is 0 Å². The first kappa shape index (κ1) is 16.7. The molecule has 0 aliphatic heterocycles. The minimum atomic E-state index is 0.556. The molecular weight excluding hydrogens is 345 g/mol. The largest absolute Gasteiger partial charge is 0.495 e. The summed E-state index contributed by atoms with van der Waals surface area (Å²) in [4.78, 5) is 0. The zero-order chi connectivity index (χ0) is 17.1. The molecule has 0 aliphatic rings. The van der Waals surface area contributed by atoms with Gasteiger partial charge in [-0.3, -0.25) is 0 Å². The van der Waals surface area contributed by atoms with Crippen molar-refractivity contribution in [2.45, 2.75) is 13.5 Å². The molecular formula is C19H17Cl2NO2. The van der Waals surface area contributed by atoms with E-state index in [1.165, 1.54) is 0 Å². The number of methoxy groups -OCH3 is 1. The molecule has 0 spiro atoms. The van der Waals surface area contributed by atoms with Crippen LogP contribution in [0.2, 0.25) is 10.0 Å². The lowest BCUT2D eigenvalue weighted by Crippen LogP contribution is -1.98. The van der Waals surface area contributed by atoms with Gasteiger partial charge >= 0.3 is 0 Å². The molecule has 3 aromatic rings. The van der Waals surface area contributed by atoms with Crippen molar-refractivity contribution in [3.05, 3.63) is 69.9 Å². The van der Waals surface area contributed by atoms with Gasteiger partial charge < -0.3 is 14.5 Å². The number of halogens is 2. The highest BCUT2D eigenvalue weighted by molar-refractivity contribution is 6.32. The first-order valence-corrected chi connectivity index (χ1v) is 8.25. The van der Waals surface area contributed by atoms with E-state index in [-0.39, 0.29) is 0 Å². The minimum Gasteiger partial charge on any atom is -0.495 e. The van der Waals surface area contributed by atoms with E-state index in [0.717, 1.165) is 33.4 Å². The zero-order valence-electron chi connectivity index (χ0n) is 13.4. The summed E-state index contributed by atoms with van der Waals surface area (Å²) in [5, 5.41) is 4.60. The van der Waals surface area contributed by atoms with Crippen molar-refractivity contribution in [2.75, 3.05) is 12.4 Å². The predicted molar refractivity (Wildman–Crippen MR) is 99.2 cm³/mol. The normalized spacial score (nSPS) is 10.7. The maximum Gasteiger partial charge on any atom is 0.137 e. The fourth-order valence-electron chi connectivity index (χ4n) is 2.34. The Morgan fingerprint density at radius 1 is 1.00 bits per heavy atom. The highest BCUT2D eigenvalue weighted by Crippen LogP contribution is 2.31. The van der Waals surface area contributed by atoms with Crippen molar-refractivity contribution < 1.29 is 9.15 Å². The second-order valence-corrected chi connectivity index (χ2v) is 6.25. The summed E-state index contributed by atoms with van der Waals surface area (Å²) in [5.41, 5.74) is 2.92. The molecule has 0 amide bonds. The lowest BCUT2D eigenvalue weighted by molar-refractivity contribution is 0.415. The quantitative estimate of drug-likeness (QED) is 0.588. The van der Waals surface area contributed by atoms with Gasteiger partial charge in [-0.1, -0.05) is 29.3 Å². The van der Waals surface area contributed by atoms with Gasteiger partial charge in [0.1, 0.15) is 17.3 Å². The van der Waals surface area contributed by atoms with Crippen molar-refractivity contribution in [1.82, 2.24) is 0 Å². The Labute approximate surface area is 151 Å². The number of furan rings is 1. The predicted octanol–water partition coefficient (Wildman–Crippen LogP) is 6.18. The molecule has 1 aromatic heterocycles. The molecule has 0 radical (unpaired) electrons. The molecule has 1 N–H and O–H groups in total. The summed E-state index contributed by atoms with van der Waals surface area (Å²) >= 11 is 12.3. The fraction of sp³-hybridized carbons (Fsp3) is 0.158. The number of anilines is 1. The SMILES string of the molecule is COc1ccc(-c2ccc(CNc3ccc(C)c(Cl)c3)o2)cc1Cl. The van der Waals surface area contributed by atoms with Crippen molar-refractivity contribution in [1.29, 1.82) is 0 Å². The molecule has 5 heteroatoms. The standard InChI is InChI=1S/C19H17Cl2NO2/c1-12-3-5-14(10-16(12)20)22-11-15-6-8-18(24-15)13-4-7-19(23-2)17(21)9-13/h3-10,22H,11H2,1-2H3. The van der Waals surface area contributed by atoms with Gasteiger partial charge in [-0.05, 0) is 55.0 Å². The van der Waals surface area contributed by atoms with Crippen LogP contribution < -0.4 is 10.1 Å². The van der Waals surface area contributed by atoms with Crippen LogP contribution >= 0.6 is 23.2 Å². The van der Waals surface area contributed by atoms with E-state index in [1.807, 2.05) is 55.5 Å². The molecule has 3 rings (SSSR count). The van der Waals surface area contributed by atoms with E-state index in [2.05, 4.69) is 5.32 Å². The third kappa shape index (κ3) is 3.69. The molecule has 0 atom stereocenters. The molecule has 0 bridgehead atoms. The monoisotopic (exact) mass is 361 g/mol. The number of ether oxygens (including phenoxy) is 1. The Kier molecular flexibility index (Phi) is 5.03.